The van der Waals surface area contributed by atoms with E-state index in [1.807, 2.05) is 24.3 Å². The predicted molar refractivity (Wildman–Crippen MR) is 63.7 cm³/mol. The molecular weight excluding hydrogens is 204 g/mol. The second-order valence-electron chi connectivity index (χ2n) is 3.48. The molecule has 1 heterocycles. The van der Waals surface area contributed by atoms with Crippen LogP contribution in [0.25, 0.3) is 0 Å². The van der Waals surface area contributed by atoms with E-state index in [1.165, 1.54) is 6.20 Å². The van der Waals surface area contributed by atoms with Crippen LogP contribution in [-0.4, -0.2) is 9.97 Å². The Morgan fingerprint density at radius 3 is 2.94 bits per heavy atom. The first kappa shape index (κ1) is 10.2. The van der Waals surface area contributed by atoms with Crippen LogP contribution in [0.4, 0.5) is 17.1 Å². The lowest BCUT2D eigenvalue weighted by molar-refractivity contribution is 1.03. The molecule has 5 heteroatoms. The lowest BCUT2D eigenvalue weighted by Gasteiger charge is -2.08. The molecule has 0 aliphatic rings. The van der Waals surface area contributed by atoms with Crippen LogP contribution in [-0.2, 0) is 0 Å². The van der Waals surface area contributed by atoms with Gasteiger partial charge in [0.2, 0.25) is 0 Å². The van der Waals surface area contributed by atoms with Gasteiger partial charge in [0, 0.05) is 17.1 Å². The summed E-state index contributed by atoms with van der Waals surface area (Å²) < 4.78 is 0. The van der Waals surface area contributed by atoms with E-state index in [-0.39, 0.29) is 5.69 Å². The zero-order valence-corrected chi connectivity index (χ0v) is 8.82. The van der Waals surface area contributed by atoms with E-state index >= 15 is 0 Å². The van der Waals surface area contributed by atoms with Crippen molar-refractivity contribution in [3.63, 3.8) is 0 Å². The van der Waals surface area contributed by atoms with Crippen LogP contribution in [0.1, 0.15) is 5.69 Å². The average molecular weight is 216 g/mol. The second-order valence-corrected chi connectivity index (χ2v) is 3.48. The summed E-state index contributed by atoms with van der Waals surface area (Å²) in [7, 11) is 0. The zero-order chi connectivity index (χ0) is 11.5. The first-order valence-electron chi connectivity index (χ1n) is 4.83. The molecule has 4 N–H and O–H groups in total. The van der Waals surface area contributed by atoms with Crippen molar-refractivity contribution in [2.24, 2.45) is 0 Å². The molecule has 0 saturated carbocycles. The topological polar surface area (TPSA) is 83.8 Å². The lowest BCUT2D eigenvalue weighted by Crippen LogP contribution is -2.12. The van der Waals surface area contributed by atoms with Gasteiger partial charge in [0.25, 0.3) is 0 Å². The Balaban J connectivity index is 2.30. The minimum Gasteiger partial charge on any atom is -0.399 e. The number of aryl methyl sites for hydroxylation is 1. The van der Waals surface area contributed by atoms with Crippen molar-refractivity contribution in [1.29, 1.82) is 0 Å². The number of hydrogen-bond acceptors (Lipinski definition) is 4. The zero-order valence-electron chi connectivity index (χ0n) is 8.82. The van der Waals surface area contributed by atoms with E-state index in [2.05, 4.69) is 15.3 Å². The predicted octanol–water partition coefficient (Wildman–Crippen LogP) is 1.40. The van der Waals surface area contributed by atoms with Gasteiger partial charge < -0.3 is 16.0 Å². The van der Waals surface area contributed by atoms with Crippen LogP contribution < -0.4 is 16.7 Å². The Morgan fingerprint density at radius 1 is 1.44 bits per heavy atom. The maximum atomic E-state index is 10.9. The number of hydrogen-bond donors (Lipinski definition) is 3. The van der Waals surface area contributed by atoms with E-state index in [4.69, 9.17) is 5.73 Å². The van der Waals surface area contributed by atoms with Crippen molar-refractivity contribution in [2.75, 3.05) is 11.1 Å². The molecule has 0 radical (unpaired) electrons. The SMILES string of the molecule is Cc1[nH]c(=O)ncc1Nc1cccc(N)c1. The summed E-state index contributed by atoms with van der Waals surface area (Å²) in [4.78, 5) is 17.2. The molecule has 16 heavy (non-hydrogen) atoms. The smallest absolute Gasteiger partial charge is 0.345 e. The first-order valence-corrected chi connectivity index (χ1v) is 4.83. The number of nitrogens with zero attached hydrogens (tertiary/aromatic N) is 1. The Hall–Kier alpha value is -2.30. The molecule has 2 aromatic rings. The van der Waals surface area contributed by atoms with Gasteiger partial charge in [-0.05, 0) is 25.1 Å². The van der Waals surface area contributed by atoms with Gasteiger partial charge >= 0.3 is 5.69 Å². The Morgan fingerprint density at radius 2 is 2.25 bits per heavy atom. The third-order valence-electron chi connectivity index (χ3n) is 2.17. The van der Waals surface area contributed by atoms with Crippen molar-refractivity contribution in [3.05, 3.63) is 46.6 Å². The molecule has 82 valence electrons. The highest BCUT2D eigenvalue weighted by molar-refractivity contribution is 5.64. The number of H-pyrrole nitrogens is 1. The number of nitrogen functional groups attached to an aromatic ring is 1. The van der Waals surface area contributed by atoms with E-state index in [0.29, 0.717) is 5.69 Å². The van der Waals surface area contributed by atoms with E-state index in [9.17, 15) is 4.79 Å². The summed E-state index contributed by atoms with van der Waals surface area (Å²) in [6, 6.07) is 7.36. The molecule has 0 fully saturated rings. The largest absolute Gasteiger partial charge is 0.399 e. The molecule has 0 aliphatic heterocycles. The number of aromatic amines is 1. The summed E-state index contributed by atoms with van der Waals surface area (Å²) in [5, 5.41) is 3.13. The van der Waals surface area contributed by atoms with Gasteiger partial charge in [-0.3, -0.25) is 0 Å². The van der Waals surface area contributed by atoms with Gasteiger partial charge in [-0.1, -0.05) is 6.07 Å². The van der Waals surface area contributed by atoms with Crippen molar-refractivity contribution in [3.8, 4) is 0 Å². The highest BCUT2D eigenvalue weighted by Crippen LogP contribution is 2.18. The fourth-order valence-electron chi connectivity index (χ4n) is 1.38. The molecule has 0 saturated heterocycles. The number of benzene rings is 1. The Kier molecular flexibility index (Phi) is 2.59. The third kappa shape index (κ3) is 2.20. The standard InChI is InChI=1S/C11H12N4O/c1-7-10(6-13-11(16)14-7)15-9-4-2-3-8(12)5-9/h2-6,15H,12H2,1H3,(H,13,14,16). The van der Waals surface area contributed by atoms with Crippen molar-refractivity contribution in [1.82, 2.24) is 9.97 Å². The molecule has 5 nitrogen and oxygen atoms in total. The molecule has 0 amide bonds. The molecule has 0 bridgehead atoms. The fraction of sp³-hybridized carbons (Fsp3) is 0.0909. The monoisotopic (exact) mass is 216 g/mol. The normalized spacial score (nSPS) is 10.1. The van der Waals surface area contributed by atoms with Gasteiger partial charge in [-0.15, -0.1) is 0 Å². The van der Waals surface area contributed by atoms with Crippen LogP contribution in [0, 0.1) is 6.92 Å². The number of rotatable bonds is 2. The minimum absolute atomic E-state index is 0.351. The van der Waals surface area contributed by atoms with Crippen molar-refractivity contribution >= 4 is 17.1 Å². The quantitative estimate of drug-likeness (QED) is 0.662. The van der Waals surface area contributed by atoms with Gasteiger partial charge in [0.05, 0.1) is 11.9 Å². The van der Waals surface area contributed by atoms with Gasteiger partial charge in [-0.2, -0.15) is 4.98 Å². The molecule has 0 spiro atoms. The van der Waals surface area contributed by atoms with Crippen LogP contribution in [0.3, 0.4) is 0 Å². The highest BCUT2D eigenvalue weighted by Gasteiger charge is 2.00. The maximum Gasteiger partial charge on any atom is 0.345 e. The van der Waals surface area contributed by atoms with E-state index < -0.39 is 0 Å². The summed E-state index contributed by atoms with van der Waals surface area (Å²) in [6.45, 7) is 1.80. The molecule has 0 unspecified atom stereocenters. The molecular formula is C11H12N4O. The summed E-state index contributed by atoms with van der Waals surface area (Å²) in [5.41, 5.74) is 8.34. The lowest BCUT2D eigenvalue weighted by atomic mass is 10.2. The van der Waals surface area contributed by atoms with E-state index in [0.717, 1.165) is 17.1 Å². The van der Waals surface area contributed by atoms with Crippen molar-refractivity contribution in [2.45, 2.75) is 6.92 Å². The van der Waals surface area contributed by atoms with Gasteiger partial charge in [-0.25, -0.2) is 4.79 Å². The Labute approximate surface area is 92.3 Å². The van der Waals surface area contributed by atoms with Crippen LogP contribution in [0.15, 0.2) is 35.3 Å². The number of nitrogens with one attached hydrogen (secondary N) is 2. The van der Waals surface area contributed by atoms with Crippen LogP contribution in [0.2, 0.25) is 0 Å². The molecule has 1 aromatic carbocycles. The first-order chi connectivity index (χ1) is 7.65. The fourth-order valence-corrected chi connectivity index (χ4v) is 1.38. The molecule has 0 atom stereocenters. The third-order valence-corrected chi connectivity index (χ3v) is 2.17. The molecule has 2 rings (SSSR count). The second kappa shape index (κ2) is 4.06. The minimum atomic E-state index is -0.351. The van der Waals surface area contributed by atoms with Crippen LogP contribution in [0.5, 0.6) is 0 Å². The maximum absolute atomic E-state index is 10.9. The molecule has 1 aromatic heterocycles. The number of nitrogens with two attached hydrogens (primary N) is 1. The number of aromatic nitrogens is 2. The van der Waals surface area contributed by atoms with Crippen LogP contribution >= 0.6 is 0 Å². The summed E-state index contributed by atoms with van der Waals surface area (Å²) >= 11 is 0. The Bertz CT molecular complexity index is 562. The molecule has 0 aliphatic carbocycles. The van der Waals surface area contributed by atoms with E-state index in [1.54, 1.807) is 6.92 Å². The summed E-state index contributed by atoms with van der Waals surface area (Å²) in [6.07, 6.45) is 1.50. The van der Waals surface area contributed by atoms with Gasteiger partial charge in [0.15, 0.2) is 0 Å². The van der Waals surface area contributed by atoms with Crippen molar-refractivity contribution < 1.29 is 0 Å². The average Bonchev–Trinajstić information content (AvgIpc) is 2.22. The highest BCUT2D eigenvalue weighted by atomic mass is 16.1. The number of anilines is 3. The van der Waals surface area contributed by atoms with Gasteiger partial charge in [0.1, 0.15) is 0 Å². The summed E-state index contributed by atoms with van der Waals surface area (Å²) in [5.74, 6) is 0.